The number of hydrogen-bond donors (Lipinski definition) is 2. The van der Waals surface area contributed by atoms with Gasteiger partial charge >= 0.3 is 0 Å². The SMILES string of the molecule is CN=CC(=CN)CC(C(=O)Nc1ccc(C=O)cc1)n1cc(OC)c(-c2cc(Cl)ccc2C(C)=O)cc1=O. The van der Waals surface area contributed by atoms with Crippen LogP contribution in [0.25, 0.3) is 11.1 Å². The number of rotatable bonds is 10. The molecule has 0 aliphatic carbocycles. The van der Waals surface area contributed by atoms with E-state index in [4.69, 9.17) is 22.1 Å². The number of aldehydes is 1. The van der Waals surface area contributed by atoms with Crippen molar-refractivity contribution in [3.8, 4) is 16.9 Å². The number of aliphatic imine (C=N–C) groups is 1. The van der Waals surface area contributed by atoms with Crippen LogP contribution in [0.15, 0.2) is 76.3 Å². The highest BCUT2D eigenvalue weighted by Gasteiger charge is 2.25. The number of ketones is 1. The first-order valence-electron chi connectivity index (χ1n) is 11.5. The Labute approximate surface area is 224 Å². The molecule has 0 radical (unpaired) electrons. The number of benzene rings is 2. The second-order valence-electron chi connectivity index (χ2n) is 8.32. The number of amides is 1. The summed E-state index contributed by atoms with van der Waals surface area (Å²) in [5.74, 6) is -0.459. The Balaban J connectivity index is 2.14. The van der Waals surface area contributed by atoms with Crippen LogP contribution in [0.2, 0.25) is 5.02 Å². The molecule has 1 heterocycles. The number of methoxy groups -OCH3 is 1. The van der Waals surface area contributed by atoms with Crippen molar-refractivity contribution < 1.29 is 19.1 Å². The van der Waals surface area contributed by atoms with Gasteiger partial charge in [-0.2, -0.15) is 0 Å². The predicted octanol–water partition coefficient (Wildman–Crippen LogP) is 4.31. The van der Waals surface area contributed by atoms with Gasteiger partial charge in [-0.15, -0.1) is 0 Å². The van der Waals surface area contributed by atoms with Crippen LogP contribution in [0.5, 0.6) is 5.75 Å². The van der Waals surface area contributed by atoms with Gasteiger partial charge in [-0.05, 0) is 66.7 Å². The number of Topliss-reactive ketones (excluding diaryl/α,β-unsaturated/α-hetero) is 1. The Morgan fingerprint density at radius 1 is 1.16 bits per heavy atom. The zero-order valence-electron chi connectivity index (χ0n) is 21.1. The summed E-state index contributed by atoms with van der Waals surface area (Å²) in [6, 6.07) is 11.3. The summed E-state index contributed by atoms with van der Waals surface area (Å²) in [7, 11) is 2.99. The number of nitrogens with zero attached hydrogens (tertiary/aromatic N) is 2. The van der Waals surface area contributed by atoms with Crippen LogP contribution >= 0.6 is 11.6 Å². The van der Waals surface area contributed by atoms with E-state index in [-0.39, 0.29) is 18.0 Å². The van der Waals surface area contributed by atoms with E-state index in [2.05, 4.69) is 10.3 Å². The first-order valence-corrected chi connectivity index (χ1v) is 11.9. The van der Waals surface area contributed by atoms with Gasteiger partial charge in [0.05, 0.1) is 13.3 Å². The highest BCUT2D eigenvalue weighted by Crippen LogP contribution is 2.34. The maximum Gasteiger partial charge on any atom is 0.252 e. The molecule has 1 aromatic heterocycles. The molecule has 196 valence electrons. The molecule has 0 spiro atoms. The van der Waals surface area contributed by atoms with Crippen molar-refractivity contribution in [3.05, 3.63) is 93.0 Å². The first-order chi connectivity index (χ1) is 18.2. The molecule has 1 unspecified atom stereocenters. The number of hydrogen-bond acceptors (Lipinski definition) is 7. The third-order valence-electron chi connectivity index (χ3n) is 5.81. The van der Waals surface area contributed by atoms with Crippen molar-refractivity contribution in [3.63, 3.8) is 0 Å². The van der Waals surface area contributed by atoms with Gasteiger partial charge < -0.3 is 15.8 Å². The van der Waals surface area contributed by atoms with E-state index in [1.807, 2.05) is 0 Å². The van der Waals surface area contributed by atoms with Gasteiger partial charge in [-0.1, -0.05) is 11.6 Å². The molecule has 10 heteroatoms. The number of nitrogens with one attached hydrogen (secondary N) is 1. The lowest BCUT2D eigenvalue weighted by Gasteiger charge is -2.22. The quantitative estimate of drug-likeness (QED) is 0.226. The molecule has 1 atom stereocenters. The summed E-state index contributed by atoms with van der Waals surface area (Å²) in [5.41, 5.74) is 7.80. The Hall–Kier alpha value is -4.50. The van der Waals surface area contributed by atoms with Crippen LogP contribution in [-0.4, -0.2) is 42.9 Å². The molecule has 0 saturated heterocycles. The molecule has 1 amide bonds. The second kappa shape index (κ2) is 12.6. The van der Waals surface area contributed by atoms with Crippen LogP contribution in [-0.2, 0) is 4.79 Å². The zero-order chi connectivity index (χ0) is 27.8. The monoisotopic (exact) mass is 534 g/mol. The molecule has 0 fully saturated rings. The largest absolute Gasteiger partial charge is 0.495 e. The molecular weight excluding hydrogens is 508 g/mol. The number of carbonyl (C=O) groups is 3. The van der Waals surface area contributed by atoms with Crippen molar-refractivity contribution in [1.82, 2.24) is 4.57 Å². The Morgan fingerprint density at radius 2 is 1.87 bits per heavy atom. The molecule has 0 aliphatic rings. The number of ether oxygens (including phenoxy) is 1. The van der Waals surface area contributed by atoms with E-state index >= 15 is 0 Å². The molecule has 2 aromatic carbocycles. The molecule has 3 aromatic rings. The molecule has 0 aliphatic heterocycles. The average molecular weight is 535 g/mol. The maximum absolute atomic E-state index is 13.5. The van der Waals surface area contributed by atoms with E-state index < -0.39 is 17.5 Å². The van der Waals surface area contributed by atoms with Gasteiger partial charge in [0.15, 0.2) is 5.78 Å². The minimum atomic E-state index is -1.05. The summed E-state index contributed by atoms with van der Waals surface area (Å²) >= 11 is 6.19. The Kier molecular flexibility index (Phi) is 9.34. The summed E-state index contributed by atoms with van der Waals surface area (Å²) < 4.78 is 6.82. The van der Waals surface area contributed by atoms with Gasteiger partial charge in [-0.25, -0.2) is 0 Å². The summed E-state index contributed by atoms with van der Waals surface area (Å²) in [6.07, 6.45) is 4.97. The third-order valence-corrected chi connectivity index (χ3v) is 6.04. The van der Waals surface area contributed by atoms with Crippen LogP contribution in [0.3, 0.4) is 0 Å². The number of pyridine rings is 1. The number of carbonyl (C=O) groups excluding carboxylic acids is 3. The topological polar surface area (TPSA) is 133 Å². The number of aromatic nitrogens is 1. The smallest absolute Gasteiger partial charge is 0.252 e. The van der Waals surface area contributed by atoms with Crippen LogP contribution in [0, 0.1) is 0 Å². The number of anilines is 1. The fraction of sp³-hybridized carbons (Fsp3) is 0.179. The summed E-state index contributed by atoms with van der Waals surface area (Å²) in [5, 5.41) is 3.16. The van der Waals surface area contributed by atoms with Crippen molar-refractivity contribution in [2.45, 2.75) is 19.4 Å². The van der Waals surface area contributed by atoms with Gasteiger partial charge in [0.25, 0.3) is 5.56 Å². The highest BCUT2D eigenvalue weighted by atomic mass is 35.5. The predicted molar refractivity (Wildman–Crippen MR) is 149 cm³/mol. The van der Waals surface area contributed by atoms with Crippen LogP contribution < -0.4 is 21.3 Å². The molecule has 3 rings (SSSR count). The third kappa shape index (κ3) is 6.43. The lowest BCUT2D eigenvalue weighted by Crippen LogP contribution is -2.33. The van der Waals surface area contributed by atoms with E-state index in [1.54, 1.807) is 49.5 Å². The normalized spacial score (nSPS) is 12.3. The van der Waals surface area contributed by atoms with Gasteiger partial charge in [0, 0.05) is 53.1 Å². The molecule has 0 bridgehead atoms. The molecule has 38 heavy (non-hydrogen) atoms. The second-order valence-corrected chi connectivity index (χ2v) is 8.76. The lowest BCUT2D eigenvalue weighted by atomic mass is 9.97. The average Bonchev–Trinajstić information content (AvgIpc) is 2.91. The minimum absolute atomic E-state index is 0.0460. The van der Waals surface area contributed by atoms with E-state index in [9.17, 15) is 19.2 Å². The number of allylic oxidation sites excluding steroid dienone is 1. The summed E-state index contributed by atoms with van der Waals surface area (Å²) in [6.45, 7) is 1.42. The number of halogens is 1. The zero-order valence-corrected chi connectivity index (χ0v) is 21.9. The van der Waals surface area contributed by atoms with Gasteiger partial charge in [0.1, 0.15) is 18.1 Å². The Bertz CT molecular complexity index is 1480. The van der Waals surface area contributed by atoms with Gasteiger partial charge in [0.2, 0.25) is 5.91 Å². The molecular formula is C28H27ClN4O5. The number of nitrogens with two attached hydrogens (primary N) is 1. The van der Waals surface area contributed by atoms with Crippen molar-refractivity contribution >= 4 is 41.5 Å². The van der Waals surface area contributed by atoms with Crippen molar-refractivity contribution in [2.24, 2.45) is 10.7 Å². The van der Waals surface area contributed by atoms with Crippen LogP contribution in [0.4, 0.5) is 5.69 Å². The van der Waals surface area contributed by atoms with Crippen molar-refractivity contribution in [2.75, 3.05) is 19.5 Å². The lowest BCUT2D eigenvalue weighted by molar-refractivity contribution is -0.119. The van der Waals surface area contributed by atoms with Crippen molar-refractivity contribution in [1.29, 1.82) is 0 Å². The summed E-state index contributed by atoms with van der Waals surface area (Å²) in [4.78, 5) is 54.1. The highest BCUT2D eigenvalue weighted by molar-refractivity contribution is 6.31. The fourth-order valence-electron chi connectivity index (χ4n) is 3.93. The fourth-order valence-corrected chi connectivity index (χ4v) is 4.10. The minimum Gasteiger partial charge on any atom is -0.495 e. The molecule has 9 nitrogen and oxygen atoms in total. The molecule has 0 saturated carbocycles. The maximum atomic E-state index is 13.5. The molecule has 3 N–H and O–H groups in total. The van der Waals surface area contributed by atoms with E-state index in [1.165, 1.54) is 43.3 Å². The first kappa shape index (κ1) is 28.1. The van der Waals surface area contributed by atoms with E-state index in [0.717, 1.165) is 0 Å². The Morgan fingerprint density at radius 3 is 2.45 bits per heavy atom. The van der Waals surface area contributed by atoms with Gasteiger partial charge in [-0.3, -0.25) is 28.7 Å². The van der Waals surface area contributed by atoms with E-state index in [0.29, 0.717) is 44.8 Å². The van der Waals surface area contributed by atoms with Crippen LogP contribution in [0.1, 0.15) is 40.1 Å². The standard InChI is InChI=1S/C28H27ClN4O5/c1-17(35)22-9-6-20(29)11-23(22)24-12-27(36)33(15-26(24)38-3)25(10-19(13-30)14-31-2)28(37)32-21-7-4-18(16-34)5-8-21/h4-9,11-16,25H,10,30H2,1-3H3,(H,32,37).